The van der Waals surface area contributed by atoms with Crippen molar-refractivity contribution in [2.24, 2.45) is 0 Å². The average Bonchev–Trinajstić information content (AvgIpc) is 3.17. The van der Waals surface area contributed by atoms with Crippen molar-refractivity contribution in [2.75, 3.05) is 19.0 Å². The highest BCUT2D eigenvalue weighted by atomic mass is 16.5. The number of H-pyrrole nitrogens is 1. The van der Waals surface area contributed by atoms with Crippen LogP contribution in [0.25, 0.3) is 17.5 Å². The highest BCUT2D eigenvalue weighted by Gasteiger charge is 2.10. The Kier molecular flexibility index (Phi) is 6.28. The topological polar surface area (TPSA) is 89.1 Å². The average molecular weight is 388 g/mol. The molecule has 0 aliphatic heterocycles. The molecule has 7 nitrogen and oxygen atoms in total. The van der Waals surface area contributed by atoms with Gasteiger partial charge >= 0.3 is 0 Å². The Hall–Kier alpha value is -4.05. The minimum Gasteiger partial charge on any atom is -0.493 e. The molecule has 2 N–H and O–H groups in total. The van der Waals surface area contributed by atoms with E-state index in [0.29, 0.717) is 28.8 Å². The number of amides is 1. The lowest BCUT2D eigenvalue weighted by Crippen LogP contribution is -2.09. The molecule has 0 aliphatic rings. The zero-order valence-corrected chi connectivity index (χ0v) is 16.1. The molecule has 0 saturated carbocycles. The van der Waals surface area contributed by atoms with Crippen LogP contribution >= 0.6 is 0 Å². The number of para-hydroxylation sites is 1. The van der Waals surface area contributed by atoms with Crippen LogP contribution in [-0.4, -0.2) is 34.8 Å². The molecule has 1 heterocycles. The zero-order valence-electron chi connectivity index (χ0n) is 16.1. The molecule has 146 valence electrons. The molecule has 1 aromatic heterocycles. The second kappa shape index (κ2) is 9.24. The first-order valence-electron chi connectivity index (χ1n) is 8.82. The first kappa shape index (κ1) is 19.7. The van der Waals surface area contributed by atoms with Gasteiger partial charge in [0.1, 0.15) is 12.4 Å². The number of nitrogens with zero attached hydrogens (tertiary/aromatic N) is 2. The molecule has 7 heteroatoms. The van der Waals surface area contributed by atoms with Gasteiger partial charge in [-0.15, -0.1) is 6.42 Å². The molecule has 3 rings (SSSR count). The summed E-state index contributed by atoms with van der Waals surface area (Å²) in [5.41, 5.74) is 2.13. The van der Waals surface area contributed by atoms with E-state index in [-0.39, 0.29) is 12.5 Å². The summed E-state index contributed by atoms with van der Waals surface area (Å²) in [6, 6.07) is 12.7. The molecule has 0 aliphatic carbocycles. The lowest BCUT2D eigenvalue weighted by Gasteiger charge is -2.09. The number of rotatable bonds is 7. The van der Waals surface area contributed by atoms with E-state index in [0.717, 1.165) is 11.1 Å². The van der Waals surface area contributed by atoms with Gasteiger partial charge in [0.05, 0.1) is 12.8 Å². The van der Waals surface area contributed by atoms with Crippen molar-refractivity contribution in [2.45, 2.75) is 6.92 Å². The Balaban J connectivity index is 1.73. The number of aromatic nitrogens is 3. The van der Waals surface area contributed by atoms with Crippen molar-refractivity contribution in [1.29, 1.82) is 0 Å². The molecule has 1 amide bonds. The van der Waals surface area contributed by atoms with Gasteiger partial charge in [-0.2, -0.15) is 5.10 Å². The quantitative estimate of drug-likeness (QED) is 0.478. The maximum absolute atomic E-state index is 12.4. The molecular weight excluding hydrogens is 368 g/mol. The molecular formula is C22H20N4O3. The summed E-state index contributed by atoms with van der Waals surface area (Å²) in [5, 5.41) is 9.81. The smallest absolute Gasteiger partial charge is 0.248 e. The monoisotopic (exact) mass is 388 g/mol. The summed E-state index contributed by atoms with van der Waals surface area (Å²) >= 11 is 0. The molecule has 0 spiro atoms. The van der Waals surface area contributed by atoms with E-state index in [9.17, 15) is 4.79 Å². The van der Waals surface area contributed by atoms with Crippen LogP contribution in [-0.2, 0) is 4.79 Å². The summed E-state index contributed by atoms with van der Waals surface area (Å²) in [6.45, 7) is 1.97. The fourth-order valence-electron chi connectivity index (χ4n) is 2.62. The maximum atomic E-state index is 12.4. The maximum Gasteiger partial charge on any atom is 0.248 e. The minimum atomic E-state index is -0.281. The summed E-state index contributed by atoms with van der Waals surface area (Å²) in [4.78, 5) is 16.7. The Morgan fingerprint density at radius 1 is 1.28 bits per heavy atom. The standard InChI is InChI=1S/C22H20N4O3/c1-4-13-29-19-11-9-16(14-20(19)28-3)10-12-21(27)24-18-8-6-5-7-17(18)22-23-15(2)25-26-22/h1,5-12,14H,13H2,2-3H3,(H,24,27)(H,23,25,26)/b12-10+. The third-order valence-corrected chi connectivity index (χ3v) is 3.95. The van der Waals surface area contributed by atoms with Crippen LogP contribution in [0, 0.1) is 19.3 Å². The summed E-state index contributed by atoms with van der Waals surface area (Å²) < 4.78 is 10.7. The Labute approximate surface area is 168 Å². The molecule has 3 aromatic rings. The van der Waals surface area contributed by atoms with E-state index in [2.05, 4.69) is 26.4 Å². The fourth-order valence-corrected chi connectivity index (χ4v) is 2.62. The van der Waals surface area contributed by atoms with Gasteiger partial charge in [-0.1, -0.05) is 24.1 Å². The summed E-state index contributed by atoms with van der Waals surface area (Å²) in [6.07, 6.45) is 8.33. The van der Waals surface area contributed by atoms with Gasteiger partial charge in [0, 0.05) is 11.6 Å². The Bertz CT molecular complexity index is 1080. The molecule has 0 atom stereocenters. The lowest BCUT2D eigenvalue weighted by molar-refractivity contribution is -0.111. The number of ether oxygens (including phenoxy) is 2. The molecule has 29 heavy (non-hydrogen) atoms. The van der Waals surface area contributed by atoms with Gasteiger partial charge in [0.2, 0.25) is 5.91 Å². The molecule has 0 fully saturated rings. The Morgan fingerprint density at radius 3 is 2.83 bits per heavy atom. The van der Waals surface area contributed by atoms with Gasteiger partial charge in [-0.3, -0.25) is 9.89 Å². The second-order valence-electron chi connectivity index (χ2n) is 6.02. The number of carbonyl (C=O) groups is 1. The van der Waals surface area contributed by atoms with Crippen LogP contribution in [0.15, 0.2) is 48.5 Å². The lowest BCUT2D eigenvalue weighted by atomic mass is 10.1. The fraction of sp³-hybridized carbons (Fsp3) is 0.136. The first-order chi connectivity index (χ1) is 14.1. The van der Waals surface area contributed by atoms with E-state index in [1.165, 1.54) is 6.08 Å². The number of hydrogen-bond acceptors (Lipinski definition) is 5. The normalized spacial score (nSPS) is 10.5. The molecule has 0 radical (unpaired) electrons. The third-order valence-electron chi connectivity index (χ3n) is 3.95. The van der Waals surface area contributed by atoms with Crippen molar-refractivity contribution >= 4 is 17.7 Å². The number of carbonyl (C=O) groups excluding carboxylic acids is 1. The van der Waals surface area contributed by atoms with Crippen LogP contribution < -0.4 is 14.8 Å². The van der Waals surface area contributed by atoms with E-state index in [1.54, 1.807) is 31.4 Å². The molecule has 2 aromatic carbocycles. The number of nitrogens with one attached hydrogen (secondary N) is 2. The molecule has 0 saturated heterocycles. The second-order valence-corrected chi connectivity index (χ2v) is 6.02. The van der Waals surface area contributed by atoms with Crippen molar-refractivity contribution in [1.82, 2.24) is 15.2 Å². The van der Waals surface area contributed by atoms with Crippen LogP contribution in [0.2, 0.25) is 0 Å². The van der Waals surface area contributed by atoms with Crippen molar-refractivity contribution in [3.8, 4) is 35.2 Å². The number of methoxy groups -OCH3 is 1. The number of anilines is 1. The predicted molar refractivity (Wildman–Crippen MR) is 112 cm³/mol. The molecule has 0 bridgehead atoms. The zero-order chi connectivity index (χ0) is 20.6. The van der Waals surface area contributed by atoms with E-state index < -0.39 is 0 Å². The van der Waals surface area contributed by atoms with Crippen molar-refractivity contribution in [3.05, 3.63) is 59.9 Å². The minimum absolute atomic E-state index is 0.151. The highest BCUT2D eigenvalue weighted by molar-refractivity contribution is 6.03. The first-order valence-corrected chi connectivity index (χ1v) is 8.82. The number of hydrogen-bond donors (Lipinski definition) is 2. The van der Waals surface area contributed by atoms with Crippen LogP contribution in [0.1, 0.15) is 11.4 Å². The van der Waals surface area contributed by atoms with Crippen LogP contribution in [0.3, 0.4) is 0 Å². The highest BCUT2D eigenvalue weighted by Crippen LogP contribution is 2.28. The van der Waals surface area contributed by atoms with E-state index >= 15 is 0 Å². The number of terminal acetylenes is 1. The Morgan fingerprint density at radius 2 is 2.10 bits per heavy atom. The number of aromatic amines is 1. The predicted octanol–water partition coefficient (Wildman–Crippen LogP) is 3.45. The summed E-state index contributed by atoms with van der Waals surface area (Å²) in [5.74, 6) is 4.43. The van der Waals surface area contributed by atoms with Gasteiger partial charge in [-0.05, 0) is 42.8 Å². The van der Waals surface area contributed by atoms with Crippen LogP contribution in [0.4, 0.5) is 5.69 Å². The SMILES string of the molecule is C#CCOc1ccc(/C=C/C(=O)Nc2ccccc2-c2n[nH]c(C)n2)cc1OC. The summed E-state index contributed by atoms with van der Waals surface area (Å²) in [7, 11) is 1.54. The van der Waals surface area contributed by atoms with E-state index in [1.807, 2.05) is 31.2 Å². The number of aryl methyl sites for hydroxylation is 1. The van der Waals surface area contributed by atoms with Crippen LogP contribution in [0.5, 0.6) is 11.5 Å². The molecule has 0 unspecified atom stereocenters. The largest absolute Gasteiger partial charge is 0.493 e. The van der Waals surface area contributed by atoms with Gasteiger partial charge in [0.25, 0.3) is 0 Å². The van der Waals surface area contributed by atoms with Crippen molar-refractivity contribution in [3.63, 3.8) is 0 Å². The van der Waals surface area contributed by atoms with Gasteiger partial charge < -0.3 is 14.8 Å². The van der Waals surface area contributed by atoms with Crippen molar-refractivity contribution < 1.29 is 14.3 Å². The third kappa shape index (κ3) is 5.02. The van der Waals surface area contributed by atoms with Gasteiger partial charge in [-0.25, -0.2) is 4.98 Å². The number of benzene rings is 2. The van der Waals surface area contributed by atoms with E-state index in [4.69, 9.17) is 15.9 Å². The van der Waals surface area contributed by atoms with Gasteiger partial charge in [0.15, 0.2) is 17.3 Å².